The minimum Gasteiger partial charge on any atom is -0.370 e. The van der Waals surface area contributed by atoms with Crippen LogP contribution < -0.4 is 5.73 Å². The van der Waals surface area contributed by atoms with Gasteiger partial charge in [-0.15, -0.1) is 0 Å². The number of aliphatic imine (C=N–C) groups is 1. The van der Waals surface area contributed by atoms with Crippen molar-refractivity contribution < 1.29 is 0 Å². The van der Waals surface area contributed by atoms with E-state index in [0.717, 1.165) is 18.4 Å². The van der Waals surface area contributed by atoms with Crippen molar-refractivity contribution >= 4 is 5.96 Å². The molecule has 3 heteroatoms. The summed E-state index contributed by atoms with van der Waals surface area (Å²) in [5.74, 6) is 1.69. The third-order valence-electron chi connectivity index (χ3n) is 5.72. The average molecular weight is 277 g/mol. The van der Waals surface area contributed by atoms with Crippen LogP contribution in [0.25, 0.3) is 0 Å². The maximum absolute atomic E-state index is 6.27. The Kier molecular flexibility index (Phi) is 4.85. The number of hydrogen-bond donors (Lipinski definition) is 1. The molecule has 2 fully saturated rings. The van der Waals surface area contributed by atoms with Gasteiger partial charge < -0.3 is 10.6 Å². The van der Waals surface area contributed by atoms with Gasteiger partial charge in [0.1, 0.15) is 0 Å². The molecule has 114 valence electrons. The van der Waals surface area contributed by atoms with Crippen LogP contribution in [-0.2, 0) is 0 Å². The molecule has 0 aromatic carbocycles. The van der Waals surface area contributed by atoms with E-state index in [1.54, 1.807) is 0 Å². The lowest BCUT2D eigenvalue weighted by atomic mass is 9.89. The van der Waals surface area contributed by atoms with E-state index in [4.69, 9.17) is 5.73 Å². The fraction of sp³-hybridized carbons (Fsp3) is 0.941. The van der Waals surface area contributed by atoms with Crippen LogP contribution in [0.5, 0.6) is 0 Å². The first-order chi connectivity index (χ1) is 9.86. The van der Waals surface area contributed by atoms with Gasteiger partial charge in [0.15, 0.2) is 5.96 Å². The highest BCUT2D eigenvalue weighted by Gasteiger charge is 2.37. The molecular formula is C17H31N3. The molecule has 0 spiro atoms. The first-order valence-corrected chi connectivity index (χ1v) is 8.94. The lowest BCUT2D eigenvalue weighted by Crippen LogP contribution is -2.50. The summed E-state index contributed by atoms with van der Waals surface area (Å²) in [4.78, 5) is 7.19. The van der Waals surface area contributed by atoms with Crippen molar-refractivity contribution in [3.8, 4) is 0 Å². The highest BCUT2D eigenvalue weighted by atomic mass is 15.3. The van der Waals surface area contributed by atoms with Gasteiger partial charge in [0.05, 0.1) is 12.6 Å². The van der Waals surface area contributed by atoms with E-state index >= 15 is 0 Å². The van der Waals surface area contributed by atoms with Gasteiger partial charge in [0, 0.05) is 6.04 Å². The van der Waals surface area contributed by atoms with Crippen LogP contribution in [0.2, 0.25) is 0 Å². The first-order valence-electron chi connectivity index (χ1n) is 8.94. The second kappa shape index (κ2) is 6.82. The van der Waals surface area contributed by atoms with Crippen molar-refractivity contribution in [1.29, 1.82) is 0 Å². The van der Waals surface area contributed by atoms with Gasteiger partial charge in [-0.3, -0.25) is 4.99 Å². The van der Waals surface area contributed by atoms with Gasteiger partial charge in [-0.2, -0.15) is 0 Å². The van der Waals surface area contributed by atoms with Crippen LogP contribution in [-0.4, -0.2) is 29.5 Å². The third kappa shape index (κ3) is 3.12. The average Bonchev–Trinajstić information content (AvgIpc) is 2.73. The Bertz CT molecular complexity index is 323. The molecule has 1 unspecified atom stereocenters. The zero-order chi connectivity index (χ0) is 13.8. The van der Waals surface area contributed by atoms with Crippen LogP contribution in [0.15, 0.2) is 4.99 Å². The Balaban J connectivity index is 1.69. The molecule has 0 radical (unpaired) electrons. The maximum atomic E-state index is 6.27. The second-order valence-corrected chi connectivity index (χ2v) is 7.07. The van der Waals surface area contributed by atoms with Crippen molar-refractivity contribution in [3.63, 3.8) is 0 Å². The maximum Gasteiger partial charge on any atom is 0.191 e. The van der Waals surface area contributed by atoms with Crippen LogP contribution in [0.3, 0.4) is 0 Å². The number of hydrogen-bond acceptors (Lipinski definition) is 3. The fourth-order valence-electron chi connectivity index (χ4n) is 4.59. The molecular weight excluding hydrogens is 246 g/mol. The molecule has 2 saturated carbocycles. The van der Waals surface area contributed by atoms with Crippen LogP contribution in [0.4, 0.5) is 0 Å². The number of nitrogens with two attached hydrogens (primary N) is 1. The van der Waals surface area contributed by atoms with Crippen molar-refractivity contribution in [3.05, 3.63) is 0 Å². The van der Waals surface area contributed by atoms with Gasteiger partial charge in [-0.25, -0.2) is 0 Å². The molecule has 3 aliphatic rings. The molecule has 3 rings (SSSR count). The van der Waals surface area contributed by atoms with Crippen molar-refractivity contribution in [2.45, 2.75) is 89.1 Å². The van der Waals surface area contributed by atoms with Gasteiger partial charge in [-0.05, 0) is 31.6 Å². The van der Waals surface area contributed by atoms with Gasteiger partial charge in [-0.1, -0.05) is 51.4 Å². The summed E-state index contributed by atoms with van der Waals surface area (Å²) in [5.41, 5.74) is 6.27. The summed E-state index contributed by atoms with van der Waals surface area (Å²) >= 11 is 0. The highest BCUT2D eigenvalue weighted by Crippen LogP contribution is 2.33. The molecule has 0 aromatic heterocycles. The molecule has 0 saturated heterocycles. The van der Waals surface area contributed by atoms with Crippen molar-refractivity contribution in [1.82, 2.24) is 4.90 Å². The number of rotatable bonds is 2. The first kappa shape index (κ1) is 14.2. The summed E-state index contributed by atoms with van der Waals surface area (Å²) in [6.07, 6.45) is 16.8. The van der Waals surface area contributed by atoms with E-state index < -0.39 is 0 Å². The molecule has 1 heterocycles. The quantitative estimate of drug-likeness (QED) is 0.782. The molecule has 0 amide bonds. The van der Waals surface area contributed by atoms with Gasteiger partial charge in [0.2, 0.25) is 0 Å². The van der Waals surface area contributed by atoms with Crippen LogP contribution in [0.1, 0.15) is 77.0 Å². The molecule has 0 bridgehead atoms. The molecule has 1 aliphatic heterocycles. The predicted octanol–water partition coefficient (Wildman–Crippen LogP) is 3.68. The summed E-state index contributed by atoms with van der Waals surface area (Å²) in [5, 5.41) is 0. The second-order valence-electron chi connectivity index (χ2n) is 7.07. The largest absolute Gasteiger partial charge is 0.370 e. The minimum absolute atomic E-state index is 0.621. The standard InChI is InChI=1S/C17H31N3/c18-17-19-13-16(14-9-5-1-2-6-10-14)20(17)15-11-7-3-4-8-12-15/h14-16H,1-13H2,(H2,18,19). The van der Waals surface area contributed by atoms with Gasteiger partial charge in [0.25, 0.3) is 0 Å². The Morgan fingerprint density at radius 3 is 1.95 bits per heavy atom. The minimum atomic E-state index is 0.621. The van der Waals surface area contributed by atoms with E-state index in [1.807, 2.05) is 0 Å². The topological polar surface area (TPSA) is 41.6 Å². The zero-order valence-electron chi connectivity index (χ0n) is 12.9. The van der Waals surface area contributed by atoms with Crippen molar-refractivity contribution in [2.75, 3.05) is 6.54 Å². The number of guanidine groups is 1. The SMILES string of the molecule is NC1=NCC(C2CCCCCC2)N1C1CCCCCC1. The molecule has 2 N–H and O–H groups in total. The Morgan fingerprint density at radius 2 is 1.35 bits per heavy atom. The number of nitrogens with zero attached hydrogens (tertiary/aromatic N) is 2. The van der Waals surface area contributed by atoms with E-state index in [1.165, 1.54) is 77.0 Å². The summed E-state index contributed by atoms with van der Waals surface area (Å²) in [6.45, 7) is 0.965. The summed E-state index contributed by atoms with van der Waals surface area (Å²) < 4.78 is 0. The lowest BCUT2D eigenvalue weighted by Gasteiger charge is -2.38. The molecule has 0 aromatic rings. The Labute approximate surface area is 124 Å². The molecule has 20 heavy (non-hydrogen) atoms. The fourth-order valence-corrected chi connectivity index (χ4v) is 4.59. The van der Waals surface area contributed by atoms with E-state index in [9.17, 15) is 0 Å². The monoisotopic (exact) mass is 277 g/mol. The lowest BCUT2D eigenvalue weighted by molar-refractivity contribution is 0.170. The molecule has 2 aliphatic carbocycles. The van der Waals surface area contributed by atoms with Crippen LogP contribution >= 0.6 is 0 Å². The summed E-state index contributed by atoms with van der Waals surface area (Å²) in [7, 11) is 0. The molecule has 3 nitrogen and oxygen atoms in total. The van der Waals surface area contributed by atoms with E-state index in [0.29, 0.717) is 12.1 Å². The Morgan fingerprint density at radius 1 is 0.800 bits per heavy atom. The highest BCUT2D eigenvalue weighted by molar-refractivity contribution is 5.80. The third-order valence-corrected chi connectivity index (χ3v) is 5.72. The van der Waals surface area contributed by atoms with E-state index in [2.05, 4.69) is 9.89 Å². The predicted molar refractivity (Wildman–Crippen MR) is 84.8 cm³/mol. The Hall–Kier alpha value is -0.730. The smallest absolute Gasteiger partial charge is 0.191 e. The van der Waals surface area contributed by atoms with E-state index in [-0.39, 0.29) is 0 Å². The van der Waals surface area contributed by atoms with Crippen molar-refractivity contribution in [2.24, 2.45) is 16.6 Å². The van der Waals surface area contributed by atoms with Gasteiger partial charge >= 0.3 is 0 Å². The van der Waals surface area contributed by atoms with Crippen LogP contribution in [0, 0.1) is 5.92 Å². The summed E-state index contributed by atoms with van der Waals surface area (Å²) in [6, 6.07) is 1.30. The molecule has 1 atom stereocenters. The zero-order valence-corrected chi connectivity index (χ0v) is 12.9. The normalized spacial score (nSPS) is 30.9.